The number of aryl methyl sites for hydroxylation is 2. The van der Waals surface area contributed by atoms with E-state index >= 15 is 0 Å². The quantitative estimate of drug-likeness (QED) is 0.852. The van der Waals surface area contributed by atoms with E-state index in [1.165, 1.54) is 0 Å². The topological polar surface area (TPSA) is 56.5 Å². The van der Waals surface area contributed by atoms with E-state index in [2.05, 4.69) is 12.0 Å². The van der Waals surface area contributed by atoms with Gasteiger partial charge in [-0.1, -0.05) is 6.07 Å². The molecule has 0 bridgehead atoms. The first-order valence-electron chi connectivity index (χ1n) is 7.20. The number of aliphatic hydroxyl groups excluding tert-OH is 1. The monoisotopic (exact) mass is 290 g/mol. The fraction of sp³-hybridized carbons (Fsp3) is 0.438. The van der Waals surface area contributed by atoms with Crippen LogP contribution in [0.3, 0.4) is 0 Å². The fourth-order valence-corrected chi connectivity index (χ4v) is 2.18. The Morgan fingerprint density at radius 2 is 1.95 bits per heavy atom. The van der Waals surface area contributed by atoms with Crippen LogP contribution in [0.1, 0.15) is 30.8 Å². The zero-order valence-corrected chi connectivity index (χ0v) is 12.8. The minimum absolute atomic E-state index is 0.0118. The Morgan fingerprint density at radius 1 is 1.14 bits per heavy atom. The first kappa shape index (κ1) is 15.4. The molecule has 1 N–H and O–H groups in total. The maximum absolute atomic E-state index is 9.19. The second-order valence-electron chi connectivity index (χ2n) is 4.75. The average Bonchev–Trinajstić information content (AvgIpc) is 2.86. The van der Waals surface area contributed by atoms with Crippen LogP contribution in [0.25, 0.3) is 0 Å². The second-order valence-corrected chi connectivity index (χ2v) is 4.75. The molecule has 5 heteroatoms. The van der Waals surface area contributed by atoms with Crippen molar-refractivity contribution in [2.45, 2.75) is 40.5 Å². The molecule has 0 saturated heterocycles. The van der Waals surface area contributed by atoms with E-state index in [1.54, 1.807) is 6.07 Å². The van der Waals surface area contributed by atoms with Gasteiger partial charge in [0.25, 0.3) is 0 Å². The molecule has 2 aromatic rings. The van der Waals surface area contributed by atoms with Gasteiger partial charge in [-0.05, 0) is 44.5 Å². The lowest BCUT2D eigenvalue weighted by Crippen LogP contribution is -2.07. The van der Waals surface area contributed by atoms with Crippen LogP contribution in [0, 0.1) is 6.92 Å². The molecule has 0 aliphatic rings. The van der Waals surface area contributed by atoms with Crippen LogP contribution in [0.4, 0.5) is 0 Å². The van der Waals surface area contributed by atoms with Crippen LogP contribution < -0.4 is 9.47 Å². The van der Waals surface area contributed by atoms with Crippen molar-refractivity contribution in [2.75, 3.05) is 6.61 Å². The molecule has 114 valence electrons. The summed E-state index contributed by atoms with van der Waals surface area (Å²) in [4.78, 5) is 0. The minimum atomic E-state index is -0.0118. The Balaban J connectivity index is 2.15. The van der Waals surface area contributed by atoms with E-state index in [0.29, 0.717) is 24.7 Å². The molecule has 21 heavy (non-hydrogen) atoms. The molecular weight excluding hydrogens is 268 g/mol. The molecule has 5 nitrogen and oxygen atoms in total. The highest BCUT2D eigenvalue weighted by molar-refractivity contribution is 5.43. The molecule has 2 rings (SSSR count). The highest BCUT2D eigenvalue weighted by Gasteiger charge is 2.09. The Morgan fingerprint density at radius 3 is 2.62 bits per heavy atom. The summed E-state index contributed by atoms with van der Waals surface area (Å²) in [6.45, 7) is 7.74. The largest absolute Gasteiger partial charge is 0.490 e. The molecule has 0 aliphatic heterocycles. The van der Waals surface area contributed by atoms with Crippen molar-refractivity contribution in [2.24, 2.45) is 0 Å². The molecule has 0 unspecified atom stereocenters. The lowest BCUT2D eigenvalue weighted by atomic mass is 10.2. The van der Waals surface area contributed by atoms with E-state index in [-0.39, 0.29) is 6.61 Å². The van der Waals surface area contributed by atoms with Crippen LogP contribution in [0.5, 0.6) is 11.5 Å². The van der Waals surface area contributed by atoms with Gasteiger partial charge >= 0.3 is 0 Å². The van der Waals surface area contributed by atoms with Gasteiger partial charge in [0.1, 0.15) is 6.61 Å². The van der Waals surface area contributed by atoms with Gasteiger partial charge in [0, 0.05) is 6.54 Å². The van der Waals surface area contributed by atoms with Crippen LogP contribution in [-0.2, 0) is 19.8 Å². The maximum Gasteiger partial charge on any atom is 0.161 e. The molecule has 1 aromatic carbocycles. The zero-order valence-electron chi connectivity index (χ0n) is 12.8. The van der Waals surface area contributed by atoms with Crippen molar-refractivity contribution < 1.29 is 14.6 Å². The van der Waals surface area contributed by atoms with Gasteiger partial charge in [-0.25, -0.2) is 0 Å². The third-order valence-electron chi connectivity index (χ3n) is 3.15. The van der Waals surface area contributed by atoms with Crippen molar-refractivity contribution in [1.82, 2.24) is 9.78 Å². The normalized spacial score (nSPS) is 10.7. The first-order chi connectivity index (χ1) is 10.2. The third kappa shape index (κ3) is 3.76. The highest BCUT2D eigenvalue weighted by atomic mass is 16.5. The Labute approximate surface area is 125 Å². The molecule has 1 aromatic heterocycles. The van der Waals surface area contributed by atoms with Crippen molar-refractivity contribution in [3.63, 3.8) is 0 Å². The van der Waals surface area contributed by atoms with Crippen LogP contribution in [0.15, 0.2) is 24.3 Å². The van der Waals surface area contributed by atoms with Gasteiger partial charge in [0.2, 0.25) is 0 Å². The Bertz CT molecular complexity index is 593. The molecular formula is C16H22N2O3. The summed E-state index contributed by atoms with van der Waals surface area (Å²) in [6, 6.07) is 7.49. The van der Waals surface area contributed by atoms with Gasteiger partial charge in [0.05, 0.1) is 24.6 Å². The summed E-state index contributed by atoms with van der Waals surface area (Å²) in [7, 11) is 0. The number of hydrogen-bond donors (Lipinski definition) is 1. The summed E-state index contributed by atoms with van der Waals surface area (Å²) in [5, 5.41) is 13.6. The fourth-order valence-electron chi connectivity index (χ4n) is 2.18. The number of hydrogen-bond acceptors (Lipinski definition) is 4. The van der Waals surface area contributed by atoms with E-state index in [9.17, 15) is 5.11 Å². The average molecular weight is 290 g/mol. The number of rotatable bonds is 7. The van der Waals surface area contributed by atoms with E-state index in [4.69, 9.17) is 9.47 Å². The van der Waals surface area contributed by atoms with Crippen molar-refractivity contribution in [1.29, 1.82) is 0 Å². The Hall–Kier alpha value is -2.01. The number of aliphatic hydroxyl groups is 1. The van der Waals surface area contributed by atoms with E-state index < -0.39 is 0 Å². The predicted molar refractivity (Wildman–Crippen MR) is 80.5 cm³/mol. The lowest BCUT2D eigenvalue weighted by Gasteiger charge is -2.13. The highest BCUT2D eigenvalue weighted by Crippen LogP contribution is 2.29. The smallest absolute Gasteiger partial charge is 0.161 e. The van der Waals surface area contributed by atoms with Crippen molar-refractivity contribution in [3.8, 4) is 11.5 Å². The maximum atomic E-state index is 9.19. The molecule has 0 spiro atoms. The molecule has 0 amide bonds. The summed E-state index contributed by atoms with van der Waals surface area (Å²) in [6.07, 6.45) is 0. The third-order valence-corrected chi connectivity index (χ3v) is 3.15. The minimum Gasteiger partial charge on any atom is -0.490 e. The molecule has 0 fully saturated rings. The summed E-state index contributed by atoms with van der Waals surface area (Å²) < 4.78 is 13.4. The van der Waals surface area contributed by atoms with E-state index in [1.807, 2.05) is 36.7 Å². The van der Waals surface area contributed by atoms with Gasteiger partial charge < -0.3 is 14.6 Å². The molecule has 0 aliphatic carbocycles. The zero-order chi connectivity index (χ0) is 15.2. The standard InChI is InChI=1S/C16H22N2O3/c1-4-18-14(8-12(3)17-18)11-21-15-7-6-13(10-19)9-16(15)20-5-2/h6-9,19H,4-5,10-11H2,1-3H3. The molecule has 0 radical (unpaired) electrons. The molecule has 1 heterocycles. The lowest BCUT2D eigenvalue weighted by molar-refractivity contribution is 0.258. The predicted octanol–water partition coefficient (Wildman–Crippen LogP) is 2.68. The van der Waals surface area contributed by atoms with Crippen LogP contribution >= 0.6 is 0 Å². The van der Waals surface area contributed by atoms with Crippen molar-refractivity contribution in [3.05, 3.63) is 41.2 Å². The number of ether oxygens (including phenoxy) is 2. The van der Waals surface area contributed by atoms with Gasteiger partial charge in [0.15, 0.2) is 11.5 Å². The first-order valence-corrected chi connectivity index (χ1v) is 7.20. The van der Waals surface area contributed by atoms with Gasteiger partial charge in [-0.15, -0.1) is 0 Å². The summed E-state index contributed by atoms with van der Waals surface area (Å²) in [5.41, 5.74) is 2.82. The Kier molecular flexibility index (Phi) is 5.22. The second kappa shape index (κ2) is 7.13. The SMILES string of the molecule is CCOc1cc(CO)ccc1OCc1cc(C)nn1CC. The summed E-state index contributed by atoms with van der Waals surface area (Å²) >= 11 is 0. The summed E-state index contributed by atoms with van der Waals surface area (Å²) in [5.74, 6) is 1.33. The molecule has 0 saturated carbocycles. The van der Waals surface area contributed by atoms with Gasteiger partial charge in [-0.3, -0.25) is 4.68 Å². The molecule has 0 atom stereocenters. The number of aromatic nitrogens is 2. The van der Waals surface area contributed by atoms with Gasteiger partial charge in [-0.2, -0.15) is 5.10 Å². The van der Waals surface area contributed by atoms with E-state index in [0.717, 1.165) is 23.5 Å². The van der Waals surface area contributed by atoms with Crippen molar-refractivity contribution >= 4 is 0 Å². The van der Waals surface area contributed by atoms with Crippen LogP contribution in [-0.4, -0.2) is 21.5 Å². The number of nitrogens with zero attached hydrogens (tertiary/aromatic N) is 2. The number of benzene rings is 1. The van der Waals surface area contributed by atoms with Crippen LogP contribution in [0.2, 0.25) is 0 Å².